The number of hydrogen-bond donors (Lipinski definition) is 0. The summed E-state index contributed by atoms with van der Waals surface area (Å²) in [6, 6.07) is 11.3. The summed E-state index contributed by atoms with van der Waals surface area (Å²) in [6.07, 6.45) is 1.75. The molecule has 1 fully saturated rings. The third-order valence-corrected chi connectivity index (χ3v) is 6.05. The Morgan fingerprint density at radius 3 is 2.41 bits per heavy atom. The SMILES string of the molecule is CN=C1S/C(=C\c2cc(Cl)c(OCc3ccc(Br)cc3)c(Cl)c2)C(=O)N1C. The highest BCUT2D eigenvalue weighted by Gasteiger charge is 2.29. The van der Waals surface area contributed by atoms with Crippen LogP contribution < -0.4 is 4.74 Å². The minimum Gasteiger partial charge on any atom is -0.486 e. The van der Waals surface area contributed by atoms with E-state index in [1.54, 1.807) is 32.3 Å². The average molecular weight is 486 g/mol. The molecule has 1 heterocycles. The van der Waals surface area contributed by atoms with Gasteiger partial charge in [0.15, 0.2) is 10.9 Å². The number of rotatable bonds is 4. The summed E-state index contributed by atoms with van der Waals surface area (Å²) in [5.74, 6) is 0.310. The Morgan fingerprint density at radius 2 is 1.85 bits per heavy atom. The summed E-state index contributed by atoms with van der Waals surface area (Å²) in [5, 5.41) is 1.43. The van der Waals surface area contributed by atoms with Gasteiger partial charge < -0.3 is 4.74 Å². The molecule has 0 saturated carbocycles. The number of likely N-dealkylation sites (N-methyl/N-ethyl adjacent to an activating group) is 1. The molecule has 1 amide bonds. The molecule has 27 heavy (non-hydrogen) atoms. The summed E-state index contributed by atoms with van der Waals surface area (Å²) in [6.45, 7) is 0.350. The van der Waals surface area contributed by atoms with Crippen molar-refractivity contribution in [2.45, 2.75) is 6.61 Å². The number of carbonyl (C=O) groups excluding carboxylic acids is 1. The molecule has 0 N–H and O–H groups in total. The summed E-state index contributed by atoms with van der Waals surface area (Å²) >= 11 is 17.4. The van der Waals surface area contributed by atoms with Crippen LogP contribution in [0.1, 0.15) is 11.1 Å². The standard InChI is InChI=1S/C19H15BrCl2N2O2S/c1-23-19-24(2)18(25)16(27-19)9-12-7-14(21)17(15(22)8-12)26-10-11-3-5-13(20)6-4-11/h3-9H,10H2,1-2H3/b16-9-,23-19?. The summed E-state index contributed by atoms with van der Waals surface area (Å²) in [7, 11) is 3.35. The average Bonchev–Trinajstić information content (AvgIpc) is 2.90. The Labute approximate surface area is 180 Å². The zero-order valence-electron chi connectivity index (χ0n) is 14.5. The minimum atomic E-state index is -0.108. The highest BCUT2D eigenvalue weighted by atomic mass is 79.9. The Balaban J connectivity index is 1.80. The maximum Gasteiger partial charge on any atom is 0.266 e. The molecule has 1 aliphatic heterocycles. The number of hydrogen-bond acceptors (Lipinski definition) is 4. The van der Waals surface area contributed by atoms with Gasteiger partial charge in [-0.25, -0.2) is 0 Å². The van der Waals surface area contributed by atoms with Gasteiger partial charge in [-0.1, -0.05) is 51.3 Å². The molecule has 1 saturated heterocycles. The fraction of sp³-hybridized carbons (Fsp3) is 0.158. The van der Waals surface area contributed by atoms with Crippen LogP contribution in [0.25, 0.3) is 6.08 Å². The maximum absolute atomic E-state index is 12.3. The van der Waals surface area contributed by atoms with Gasteiger partial charge in [0, 0.05) is 18.6 Å². The van der Waals surface area contributed by atoms with Gasteiger partial charge in [0.25, 0.3) is 5.91 Å². The lowest BCUT2D eigenvalue weighted by Gasteiger charge is -2.11. The molecule has 0 spiro atoms. The van der Waals surface area contributed by atoms with Crippen LogP contribution >= 0.6 is 50.9 Å². The van der Waals surface area contributed by atoms with E-state index in [-0.39, 0.29) is 5.91 Å². The highest BCUT2D eigenvalue weighted by molar-refractivity contribution is 9.10. The van der Waals surface area contributed by atoms with E-state index in [4.69, 9.17) is 27.9 Å². The number of ether oxygens (including phenoxy) is 1. The van der Waals surface area contributed by atoms with Crippen molar-refractivity contribution in [1.29, 1.82) is 0 Å². The molecular weight excluding hydrogens is 471 g/mol. The molecule has 0 bridgehead atoms. The van der Waals surface area contributed by atoms with Crippen molar-refractivity contribution < 1.29 is 9.53 Å². The Kier molecular flexibility index (Phi) is 6.52. The zero-order valence-corrected chi connectivity index (χ0v) is 18.4. The Bertz CT molecular complexity index is 922. The van der Waals surface area contributed by atoms with E-state index >= 15 is 0 Å². The van der Waals surface area contributed by atoms with Crippen LogP contribution in [0.15, 0.2) is 50.8 Å². The van der Waals surface area contributed by atoms with Gasteiger partial charge in [-0.15, -0.1) is 0 Å². The van der Waals surface area contributed by atoms with E-state index in [9.17, 15) is 4.79 Å². The second-order valence-corrected chi connectivity index (χ2v) is 8.45. The number of benzene rings is 2. The monoisotopic (exact) mass is 484 g/mol. The van der Waals surface area contributed by atoms with Crippen molar-refractivity contribution in [2.75, 3.05) is 14.1 Å². The molecule has 0 atom stereocenters. The molecular formula is C19H15BrCl2N2O2S. The fourth-order valence-corrected chi connectivity index (χ4v) is 4.24. The molecule has 0 unspecified atom stereocenters. The van der Waals surface area contributed by atoms with Gasteiger partial charge in [-0.05, 0) is 53.2 Å². The van der Waals surface area contributed by atoms with Crippen LogP contribution in [0, 0.1) is 0 Å². The summed E-state index contributed by atoms with van der Waals surface area (Å²) in [5.41, 5.74) is 1.72. The topological polar surface area (TPSA) is 41.9 Å². The molecule has 0 aliphatic carbocycles. The molecule has 0 radical (unpaired) electrons. The molecule has 2 aromatic rings. The van der Waals surface area contributed by atoms with Gasteiger partial charge in [-0.2, -0.15) is 0 Å². The lowest BCUT2D eigenvalue weighted by Crippen LogP contribution is -2.23. The third-order valence-electron chi connectivity index (χ3n) is 3.81. The van der Waals surface area contributed by atoms with Crippen LogP contribution in [0.3, 0.4) is 0 Å². The number of carbonyl (C=O) groups is 1. The van der Waals surface area contributed by atoms with E-state index in [1.807, 2.05) is 24.3 Å². The predicted octanol–water partition coefficient (Wildman–Crippen LogP) is 5.87. The van der Waals surface area contributed by atoms with Gasteiger partial charge in [-0.3, -0.25) is 14.7 Å². The number of thioether (sulfide) groups is 1. The Hall–Kier alpha value is -1.47. The maximum atomic E-state index is 12.3. The van der Waals surface area contributed by atoms with Gasteiger partial charge >= 0.3 is 0 Å². The first kappa shape index (κ1) is 20.3. The molecule has 4 nitrogen and oxygen atoms in total. The summed E-state index contributed by atoms with van der Waals surface area (Å²) < 4.78 is 6.79. The molecule has 0 aromatic heterocycles. The van der Waals surface area contributed by atoms with Crippen LogP contribution in [0.5, 0.6) is 5.75 Å². The second kappa shape index (κ2) is 8.69. The smallest absolute Gasteiger partial charge is 0.266 e. The number of aliphatic imine (C=N–C) groups is 1. The highest BCUT2D eigenvalue weighted by Crippen LogP contribution is 2.37. The van der Waals surface area contributed by atoms with Crippen LogP contribution in [0.2, 0.25) is 10.0 Å². The van der Waals surface area contributed by atoms with Crippen molar-refractivity contribution in [3.05, 3.63) is 66.9 Å². The third kappa shape index (κ3) is 4.69. The second-order valence-electron chi connectivity index (χ2n) is 5.71. The first-order valence-corrected chi connectivity index (χ1v) is 10.3. The Morgan fingerprint density at radius 1 is 1.22 bits per heavy atom. The molecule has 1 aliphatic rings. The van der Waals surface area contributed by atoms with Crippen molar-refractivity contribution in [3.63, 3.8) is 0 Å². The zero-order chi connectivity index (χ0) is 19.6. The quantitative estimate of drug-likeness (QED) is 0.508. The van der Waals surface area contributed by atoms with Gasteiger partial charge in [0.1, 0.15) is 6.61 Å². The summed E-state index contributed by atoms with van der Waals surface area (Å²) in [4.78, 5) is 18.4. The van der Waals surface area contributed by atoms with E-state index in [2.05, 4.69) is 20.9 Å². The largest absolute Gasteiger partial charge is 0.486 e. The first-order valence-electron chi connectivity index (χ1n) is 7.89. The normalized spacial score (nSPS) is 17.2. The number of nitrogens with zero attached hydrogens (tertiary/aromatic N) is 2. The van der Waals surface area contributed by atoms with E-state index in [0.717, 1.165) is 15.6 Å². The molecule has 140 valence electrons. The van der Waals surface area contributed by atoms with Crippen LogP contribution in [-0.2, 0) is 11.4 Å². The molecule has 8 heteroatoms. The molecule has 2 aromatic carbocycles. The van der Waals surface area contributed by atoms with Crippen molar-refractivity contribution in [1.82, 2.24) is 4.90 Å². The van der Waals surface area contributed by atoms with Crippen molar-refractivity contribution in [3.8, 4) is 5.75 Å². The predicted molar refractivity (Wildman–Crippen MR) is 117 cm³/mol. The van der Waals surface area contributed by atoms with Crippen LogP contribution in [-0.4, -0.2) is 30.1 Å². The molecule has 3 rings (SSSR count). The van der Waals surface area contributed by atoms with E-state index < -0.39 is 0 Å². The van der Waals surface area contributed by atoms with Gasteiger partial charge in [0.2, 0.25) is 0 Å². The lowest BCUT2D eigenvalue weighted by atomic mass is 10.2. The number of amidine groups is 1. The lowest BCUT2D eigenvalue weighted by molar-refractivity contribution is -0.121. The van der Waals surface area contributed by atoms with E-state index in [0.29, 0.717) is 32.5 Å². The fourth-order valence-electron chi connectivity index (χ4n) is 2.44. The van der Waals surface area contributed by atoms with Crippen molar-refractivity contribution in [2.24, 2.45) is 4.99 Å². The van der Waals surface area contributed by atoms with Crippen molar-refractivity contribution >= 4 is 68.0 Å². The first-order chi connectivity index (χ1) is 12.9. The van der Waals surface area contributed by atoms with Crippen LogP contribution in [0.4, 0.5) is 0 Å². The van der Waals surface area contributed by atoms with Gasteiger partial charge in [0.05, 0.1) is 15.0 Å². The minimum absolute atomic E-state index is 0.108. The number of amides is 1. The van der Waals surface area contributed by atoms with E-state index in [1.165, 1.54) is 16.7 Å². The number of halogens is 3.